The highest BCUT2D eigenvalue weighted by molar-refractivity contribution is 7.89. The van der Waals surface area contributed by atoms with Gasteiger partial charge in [-0.25, -0.2) is 13.2 Å². The van der Waals surface area contributed by atoms with E-state index in [0.29, 0.717) is 5.02 Å². The average molecular weight is 427 g/mol. The van der Waals surface area contributed by atoms with Crippen LogP contribution in [0.25, 0.3) is 0 Å². The summed E-state index contributed by atoms with van der Waals surface area (Å²) in [5.74, 6) is -1.35. The molecule has 0 saturated carbocycles. The number of anilines is 1. The Morgan fingerprint density at radius 2 is 1.86 bits per heavy atom. The van der Waals surface area contributed by atoms with Crippen molar-refractivity contribution in [2.24, 2.45) is 0 Å². The molecular formula is C18H19ClN2O6S. The molecule has 150 valence electrons. The zero-order valence-corrected chi connectivity index (χ0v) is 16.5. The van der Waals surface area contributed by atoms with Gasteiger partial charge in [0.05, 0.1) is 23.7 Å². The van der Waals surface area contributed by atoms with Crippen LogP contribution in [0.1, 0.15) is 17.3 Å². The molecule has 1 unspecified atom stereocenters. The predicted octanol–water partition coefficient (Wildman–Crippen LogP) is 1.79. The number of carbonyl (C=O) groups excluding carboxylic acids is 2. The second-order valence-corrected chi connectivity index (χ2v) is 7.75. The fraction of sp³-hybridized carbons (Fsp3) is 0.222. The molecule has 0 aromatic heterocycles. The first kappa shape index (κ1) is 21.8. The standard InChI is InChI=1S/C18H19ClN2O6S/c1-2-27-18(24)12-4-3-5-14(10-12)20-17(23)16(11-22)21-28(25,26)15-8-6-13(19)7-9-15/h3-10,16,21-22H,2,11H2,1H3,(H,20,23). The highest BCUT2D eigenvalue weighted by Gasteiger charge is 2.25. The van der Waals surface area contributed by atoms with Crippen LogP contribution in [0, 0.1) is 0 Å². The van der Waals surface area contributed by atoms with Crippen LogP contribution in [0.3, 0.4) is 0 Å². The van der Waals surface area contributed by atoms with Gasteiger partial charge in [-0.15, -0.1) is 0 Å². The first-order valence-electron chi connectivity index (χ1n) is 8.23. The number of carbonyl (C=O) groups is 2. The highest BCUT2D eigenvalue weighted by Crippen LogP contribution is 2.15. The van der Waals surface area contributed by atoms with E-state index < -0.39 is 34.5 Å². The van der Waals surface area contributed by atoms with Crippen LogP contribution in [-0.2, 0) is 19.6 Å². The van der Waals surface area contributed by atoms with Crippen LogP contribution < -0.4 is 10.0 Å². The van der Waals surface area contributed by atoms with Crippen LogP contribution in [0.4, 0.5) is 5.69 Å². The second-order valence-electron chi connectivity index (χ2n) is 5.60. The topological polar surface area (TPSA) is 122 Å². The summed E-state index contributed by atoms with van der Waals surface area (Å²) >= 11 is 5.74. The number of nitrogens with one attached hydrogen (secondary N) is 2. The SMILES string of the molecule is CCOC(=O)c1cccc(NC(=O)C(CO)NS(=O)(=O)c2ccc(Cl)cc2)c1. The second kappa shape index (κ2) is 9.65. The van der Waals surface area contributed by atoms with Crippen LogP contribution in [-0.4, -0.2) is 44.7 Å². The van der Waals surface area contributed by atoms with Gasteiger partial charge < -0.3 is 15.2 Å². The number of halogens is 1. The number of rotatable bonds is 8. The summed E-state index contributed by atoms with van der Waals surface area (Å²) in [5, 5.41) is 12.3. The molecule has 10 heteroatoms. The number of sulfonamides is 1. The van der Waals surface area contributed by atoms with E-state index in [1.165, 1.54) is 48.5 Å². The van der Waals surface area contributed by atoms with Crippen molar-refractivity contribution < 1.29 is 27.9 Å². The lowest BCUT2D eigenvalue weighted by molar-refractivity contribution is -0.118. The van der Waals surface area contributed by atoms with E-state index in [2.05, 4.69) is 10.0 Å². The molecule has 1 amide bonds. The third-order valence-electron chi connectivity index (χ3n) is 3.56. The number of amides is 1. The lowest BCUT2D eigenvalue weighted by Gasteiger charge is -2.16. The fourth-order valence-electron chi connectivity index (χ4n) is 2.21. The quantitative estimate of drug-likeness (QED) is 0.553. The van der Waals surface area contributed by atoms with Crippen LogP contribution in [0.2, 0.25) is 5.02 Å². The van der Waals surface area contributed by atoms with Gasteiger partial charge in [0.2, 0.25) is 15.9 Å². The normalized spacial score (nSPS) is 12.2. The molecule has 8 nitrogen and oxygen atoms in total. The molecule has 0 aliphatic carbocycles. The van der Waals surface area contributed by atoms with Gasteiger partial charge in [0, 0.05) is 10.7 Å². The Morgan fingerprint density at radius 3 is 2.46 bits per heavy atom. The molecule has 1 atom stereocenters. The van der Waals surface area contributed by atoms with Gasteiger partial charge in [-0.3, -0.25) is 4.79 Å². The minimum Gasteiger partial charge on any atom is -0.462 e. The number of aliphatic hydroxyl groups is 1. The Labute approximate surface area is 167 Å². The van der Waals surface area contributed by atoms with Crippen molar-refractivity contribution in [1.82, 2.24) is 4.72 Å². The molecule has 0 spiro atoms. The van der Waals surface area contributed by atoms with Gasteiger partial charge in [0.25, 0.3) is 0 Å². The molecule has 0 saturated heterocycles. The van der Waals surface area contributed by atoms with Gasteiger partial charge in [-0.1, -0.05) is 17.7 Å². The molecule has 2 aromatic carbocycles. The van der Waals surface area contributed by atoms with Crippen molar-refractivity contribution in [2.45, 2.75) is 17.9 Å². The zero-order valence-electron chi connectivity index (χ0n) is 14.9. The maximum atomic E-state index is 12.4. The van der Waals surface area contributed by atoms with E-state index >= 15 is 0 Å². The first-order chi connectivity index (χ1) is 13.3. The fourth-order valence-corrected chi connectivity index (χ4v) is 3.52. The predicted molar refractivity (Wildman–Crippen MR) is 104 cm³/mol. The van der Waals surface area contributed by atoms with Gasteiger partial charge in [0.1, 0.15) is 6.04 Å². The maximum absolute atomic E-state index is 12.4. The molecule has 3 N–H and O–H groups in total. The lowest BCUT2D eigenvalue weighted by Crippen LogP contribution is -2.46. The van der Waals surface area contributed by atoms with Crippen molar-refractivity contribution >= 4 is 39.2 Å². The van der Waals surface area contributed by atoms with E-state index in [0.717, 1.165) is 0 Å². The Bertz CT molecular complexity index is 947. The number of benzene rings is 2. The van der Waals surface area contributed by atoms with Crippen molar-refractivity contribution in [3.63, 3.8) is 0 Å². The third-order valence-corrected chi connectivity index (χ3v) is 5.30. The highest BCUT2D eigenvalue weighted by atomic mass is 35.5. The Kier molecular flexibility index (Phi) is 7.53. The van der Waals surface area contributed by atoms with E-state index in [1.807, 2.05) is 0 Å². The molecule has 0 radical (unpaired) electrons. The summed E-state index contributed by atoms with van der Waals surface area (Å²) in [6, 6.07) is 9.86. The van der Waals surface area contributed by atoms with E-state index in [9.17, 15) is 23.1 Å². The Balaban J connectivity index is 2.12. The van der Waals surface area contributed by atoms with Crippen molar-refractivity contribution in [2.75, 3.05) is 18.5 Å². The first-order valence-corrected chi connectivity index (χ1v) is 10.1. The van der Waals surface area contributed by atoms with Gasteiger partial charge in [0.15, 0.2) is 0 Å². The van der Waals surface area contributed by atoms with E-state index in [1.54, 1.807) is 6.92 Å². The van der Waals surface area contributed by atoms with Gasteiger partial charge in [-0.2, -0.15) is 4.72 Å². The number of hydrogen-bond donors (Lipinski definition) is 3. The van der Waals surface area contributed by atoms with E-state index in [-0.39, 0.29) is 22.8 Å². The van der Waals surface area contributed by atoms with Gasteiger partial charge in [-0.05, 0) is 49.4 Å². The van der Waals surface area contributed by atoms with Crippen molar-refractivity contribution in [3.05, 3.63) is 59.1 Å². The Hall–Kier alpha value is -2.46. The summed E-state index contributed by atoms with van der Waals surface area (Å²) in [5.41, 5.74) is 0.474. The van der Waals surface area contributed by atoms with Crippen LogP contribution in [0.15, 0.2) is 53.4 Å². The smallest absolute Gasteiger partial charge is 0.338 e. The summed E-state index contributed by atoms with van der Waals surface area (Å²) in [4.78, 5) is 24.0. The molecule has 0 aliphatic rings. The summed E-state index contributed by atoms with van der Waals surface area (Å²) in [6.07, 6.45) is 0. The van der Waals surface area contributed by atoms with Crippen molar-refractivity contribution in [1.29, 1.82) is 0 Å². The molecule has 2 aromatic rings. The van der Waals surface area contributed by atoms with E-state index in [4.69, 9.17) is 16.3 Å². The molecule has 2 rings (SSSR count). The van der Waals surface area contributed by atoms with Gasteiger partial charge >= 0.3 is 5.97 Å². The molecule has 0 bridgehead atoms. The molecular weight excluding hydrogens is 408 g/mol. The maximum Gasteiger partial charge on any atom is 0.338 e. The monoisotopic (exact) mass is 426 g/mol. The molecule has 0 heterocycles. The summed E-state index contributed by atoms with van der Waals surface area (Å²) in [7, 11) is -4.06. The molecule has 28 heavy (non-hydrogen) atoms. The number of esters is 1. The summed E-state index contributed by atoms with van der Waals surface area (Å²) in [6.45, 7) is 1.10. The van der Waals surface area contributed by atoms with Crippen molar-refractivity contribution in [3.8, 4) is 0 Å². The number of aliphatic hydroxyl groups excluding tert-OH is 1. The molecule has 0 aliphatic heterocycles. The third kappa shape index (κ3) is 5.77. The molecule has 0 fully saturated rings. The number of hydrogen-bond acceptors (Lipinski definition) is 6. The van der Waals surface area contributed by atoms with Crippen LogP contribution in [0.5, 0.6) is 0 Å². The Morgan fingerprint density at radius 1 is 1.18 bits per heavy atom. The average Bonchev–Trinajstić information content (AvgIpc) is 2.66. The largest absolute Gasteiger partial charge is 0.462 e. The van der Waals surface area contributed by atoms with Crippen LogP contribution >= 0.6 is 11.6 Å². The number of ether oxygens (including phenoxy) is 1. The summed E-state index contributed by atoms with van der Waals surface area (Å²) < 4.78 is 31.8. The minimum atomic E-state index is -4.06. The lowest BCUT2D eigenvalue weighted by atomic mass is 10.2. The zero-order chi connectivity index (χ0) is 20.7. The minimum absolute atomic E-state index is 0.104.